The fourth-order valence-corrected chi connectivity index (χ4v) is 1.94. The fourth-order valence-electron chi connectivity index (χ4n) is 1.44. The zero-order valence-electron chi connectivity index (χ0n) is 11.3. The Morgan fingerprint density at radius 1 is 1.10 bits per heavy atom. The van der Waals surface area contributed by atoms with Gasteiger partial charge >= 0.3 is 12.0 Å². The van der Waals surface area contributed by atoms with Gasteiger partial charge in [-0.2, -0.15) is 9.97 Å². The second-order valence-corrected chi connectivity index (χ2v) is 4.88. The normalized spacial score (nSPS) is 10.2. The number of rotatable bonds is 6. The maximum atomic E-state index is 5.69. The molecule has 1 aromatic carbocycles. The summed E-state index contributed by atoms with van der Waals surface area (Å²) in [6, 6.07) is 8.11. The molecular formula is C13H15IN4O2. The Morgan fingerprint density at radius 2 is 1.85 bits per heavy atom. The number of hydrogen-bond acceptors (Lipinski definition) is 6. The summed E-state index contributed by atoms with van der Waals surface area (Å²) in [4.78, 5) is 12.5. The van der Waals surface area contributed by atoms with Crippen LogP contribution in [0.25, 0.3) is 0 Å². The molecule has 0 amide bonds. The summed E-state index contributed by atoms with van der Waals surface area (Å²) in [6.07, 6.45) is 0. The molecule has 0 aliphatic carbocycles. The Labute approximate surface area is 131 Å². The van der Waals surface area contributed by atoms with Crippen LogP contribution in [0.4, 0.5) is 5.95 Å². The predicted molar refractivity (Wildman–Crippen MR) is 84.4 cm³/mol. The van der Waals surface area contributed by atoms with Gasteiger partial charge in [-0.1, -0.05) is 12.1 Å². The first-order valence-electron chi connectivity index (χ1n) is 6.28. The molecule has 1 N–H and O–H groups in total. The lowest BCUT2D eigenvalue weighted by Gasteiger charge is -2.09. The standard InChI is InChI=1S/C13H15IN4O2/c1-3-15-11-16-12(19-4-2)18-13(17-11)20-10-8-6-5-7-9(10)14/h5-8H,3-4H2,1-2H3,(H,15,16,17,18). The van der Waals surface area contributed by atoms with Crippen LogP contribution in [-0.2, 0) is 0 Å². The number of ether oxygens (including phenoxy) is 2. The summed E-state index contributed by atoms with van der Waals surface area (Å²) >= 11 is 2.19. The molecule has 0 atom stereocenters. The molecule has 20 heavy (non-hydrogen) atoms. The van der Waals surface area contributed by atoms with Crippen LogP contribution in [0.5, 0.6) is 17.8 Å². The summed E-state index contributed by atoms with van der Waals surface area (Å²) in [5.41, 5.74) is 0. The Hall–Kier alpha value is -1.64. The first-order valence-corrected chi connectivity index (χ1v) is 7.36. The van der Waals surface area contributed by atoms with E-state index in [1.807, 2.05) is 38.1 Å². The van der Waals surface area contributed by atoms with Gasteiger partial charge in [0.1, 0.15) is 5.75 Å². The third-order valence-corrected chi connectivity index (χ3v) is 3.13. The first-order chi connectivity index (χ1) is 9.72. The van der Waals surface area contributed by atoms with E-state index in [-0.39, 0.29) is 12.0 Å². The van der Waals surface area contributed by atoms with Crippen molar-refractivity contribution in [1.29, 1.82) is 0 Å². The second kappa shape index (κ2) is 7.22. The lowest BCUT2D eigenvalue weighted by Crippen LogP contribution is -2.07. The third kappa shape index (κ3) is 3.92. The summed E-state index contributed by atoms with van der Waals surface area (Å²) < 4.78 is 12.0. The van der Waals surface area contributed by atoms with Crippen LogP contribution in [0.3, 0.4) is 0 Å². The van der Waals surface area contributed by atoms with Crippen LogP contribution in [-0.4, -0.2) is 28.1 Å². The second-order valence-electron chi connectivity index (χ2n) is 3.72. The van der Waals surface area contributed by atoms with Gasteiger partial charge in [-0.05, 0) is 48.6 Å². The van der Waals surface area contributed by atoms with E-state index in [0.717, 1.165) is 3.57 Å². The Kier molecular flexibility index (Phi) is 5.33. The van der Waals surface area contributed by atoms with Crippen molar-refractivity contribution in [3.63, 3.8) is 0 Å². The molecule has 0 saturated carbocycles. The Bertz CT molecular complexity index is 556. The molecular weight excluding hydrogens is 371 g/mol. The molecule has 2 aromatic rings. The number of aromatic nitrogens is 3. The summed E-state index contributed by atoms with van der Waals surface area (Å²) in [7, 11) is 0. The molecule has 0 saturated heterocycles. The van der Waals surface area contributed by atoms with E-state index in [2.05, 4.69) is 42.9 Å². The molecule has 0 aliphatic rings. The van der Waals surface area contributed by atoms with Crippen molar-refractivity contribution in [2.45, 2.75) is 13.8 Å². The number of nitrogens with one attached hydrogen (secondary N) is 1. The highest BCUT2D eigenvalue weighted by Crippen LogP contribution is 2.25. The maximum absolute atomic E-state index is 5.69. The zero-order valence-corrected chi connectivity index (χ0v) is 13.4. The van der Waals surface area contributed by atoms with Gasteiger partial charge < -0.3 is 14.8 Å². The van der Waals surface area contributed by atoms with E-state index in [9.17, 15) is 0 Å². The Morgan fingerprint density at radius 3 is 2.55 bits per heavy atom. The lowest BCUT2D eigenvalue weighted by molar-refractivity contribution is 0.303. The molecule has 0 unspecified atom stereocenters. The van der Waals surface area contributed by atoms with Crippen LogP contribution < -0.4 is 14.8 Å². The molecule has 0 radical (unpaired) electrons. The lowest BCUT2D eigenvalue weighted by atomic mass is 10.3. The average Bonchev–Trinajstić information content (AvgIpc) is 2.42. The van der Waals surface area contributed by atoms with Crippen LogP contribution in [0.15, 0.2) is 24.3 Å². The summed E-state index contributed by atoms with van der Waals surface area (Å²) in [5, 5.41) is 3.02. The smallest absolute Gasteiger partial charge is 0.330 e. The largest absolute Gasteiger partial charge is 0.464 e. The molecule has 0 bridgehead atoms. The topological polar surface area (TPSA) is 69.2 Å². The van der Waals surface area contributed by atoms with Gasteiger partial charge in [0.15, 0.2) is 0 Å². The first kappa shape index (κ1) is 14.8. The molecule has 1 aromatic heterocycles. The molecule has 0 fully saturated rings. The van der Waals surface area contributed by atoms with E-state index in [1.54, 1.807) is 0 Å². The van der Waals surface area contributed by atoms with Crippen LogP contribution in [0.1, 0.15) is 13.8 Å². The molecule has 0 spiro atoms. The van der Waals surface area contributed by atoms with Gasteiger partial charge in [-0.25, -0.2) is 0 Å². The highest BCUT2D eigenvalue weighted by molar-refractivity contribution is 14.1. The van der Waals surface area contributed by atoms with Gasteiger partial charge in [0.05, 0.1) is 10.2 Å². The van der Waals surface area contributed by atoms with E-state index in [4.69, 9.17) is 9.47 Å². The van der Waals surface area contributed by atoms with Gasteiger partial charge in [-0.3, -0.25) is 0 Å². The Balaban J connectivity index is 2.28. The van der Waals surface area contributed by atoms with Crippen molar-refractivity contribution in [3.05, 3.63) is 27.8 Å². The minimum Gasteiger partial charge on any atom is -0.464 e. The quantitative estimate of drug-likeness (QED) is 0.770. The van der Waals surface area contributed by atoms with Crippen molar-refractivity contribution in [2.75, 3.05) is 18.5 Å². The van der Waals surface area contributed by atoms with Gasteiger partial charge in [0.2, 0.25) is 5.95 Å². The van der Waals surface area contributed by atoms with Crippen LogP contribution in [0.2, 0.25) is 0 Å². The minimum absolute atomic E-state index is 0.212. The van der Waals surface area contributed by atoms with Crippen molar-refractivity contribution in [2.24, 2.45) is 0 Å². The summed E-state index contributed by atoms with van der Waals surface area (Å²) in [5.74, 6) is 1.14. The number of anilines is 1. The highest BCUT2D eigenvalue weighted by Gasteiger charge is 2.10. The zero-order chi connectivity index (χ0) is 14.4. The molecule has 6 nitrogen and oxygen atoms in total. The van der Waals surface area contributed by atoms with Crippen LogP contribution >= 0.6 is 22.6 Å². The fraction of sp³-hybridized carbons (Fsp3) is 0.308. The SMILES string of the molecule is CCNc1nc(OCC)nc(Oc2ccccc2I)n1. The van der Waals surface area contributed by atoms with E-state index >= 15 is 0 Å². The third-order valence-electron chi connectivity index (χ3n) is 2.24. The van der Waals surface area contributed by atoms with Crippen LogP contribution in [0, 0.1) is 3.57 Å². The predicted octanol–water partition coefficient (Wildman–Crippen LogP) is 3.10. The number of nitrogens with zero attached hydrogens (tertiary/aromatic N) is 3. The van der Waals surface area contributed by atoms with E-state index in [1.165, 1.54) is 0 Å². The highest BCUT2D eigenvalue weighted by atomic mass is 127. The monoisotopic (exact) mass is 386 g/mol. The van der Waals surface area contributed by atoms with Crippen molar-refractivity contribution in [1.82, 2.24) is 15.0 Å². The van der Waals surface area contributed by atoms with E-state index in [0.29, 0.717) is 24.8 Å². The number of hydrogen-bond donors (Lipinski definition) is 1. The molecule has 2 rings (SSSR count). The summed E-state index contributed by atoms with van der Waals surface area (Å²) in [6.45, 7) is 5.03. The average molecular weight is 386 g/mol. The number of benzene rings is 1. The van der Waals surface area contributed by atoms with Crippen molar-refractivity contribution in [3.8, 4) is 17.8 Å². The molecule has 7 heteroatoms. The molecule has 0 aliphatic heterocycles. The number of para-hydroxylation sites is 1. The van der Waals surface area contributed by atoms with Crippen molar-refractivity contribution < 1.29 is 9.47 Å². The van der Waals surface area contributed by atoms with Gasteiger partial charge in [0, 0.05) is 6.54 Å². The molecule has 1 heterocycles. The number of halogens is 1. The molecule has 106 valence electrons. The van der Waals surface area contributed by atoms with E-state index < -0.39 is 0 Å². The minimum atomic E-state index is 0.212. The van der Waals surface area contributed by atoms with Gasteiger partial charge in [-0.15, -0.1) is 4.98 Å². The maximum Gasteiger partial charge on any atom is 0.330 e. The van der Waals surface area contributed by atoms with Gasteiger partial charge in [0.25, 0.3) is 0 Å². The van der Waals surface area contributed by atoms with Crippen molar-refractivity contribution >= 4 is 28.5 Å².